The number of aliphatic hydroxyl groups is 1. The zero-order valence-corrected chi connectivity index (χ0v) is 11.4. The SMILES string of the molecule is CCCNC(C)(CO)CCOc1cc(F)cc(F)c1. The maximum atomic E-state index is 12.9. The molecule has 0 fully saturated rings. The molecule has 19 heavy (non-hydrogen) atoms. The largest absolute Gasteiger partial charge is 0.493 e. The zero-order valence-electron chi connectivity index (χ0n) is 11.4. The Labute approximate surface area is 112 Å². The predicted octanol–water partition coefficient (Wildman–Crippen LogP) is 2.48. The van der Waals surface area contributed by atoms with E-state index in [2.05, 4.69) is 5.32 Å². The molecule has 0 spiro atoms. The Morgan fingerprint density at radius 2 is 1.89 bits per heavy atom. The number of aliphatic hydroxyl groups excluding tert-OH is 1. The van der Waals surface area contributed by atoms with Crippen LogP contribution in [-0.4, -0.2) is 30.4 Å². The van der Waals surface area contributed by atoms with Crippen molar-refractivity contribution in [1.29, 1.82) is 0 Å². The Hall–Kier alpha value is -1.20. The van der Waals surface area contributed by atoms with Crippen LogP contribution in [-0.2, 0) is 0 Å². The van der Waals surface area contributed by atoms with Gasteiger partial charge in [0.25, 0.3) is 0 Å². The summed E-state index contributed by atoms with van der Waals surface area (Å²) in [5.74, 6) is -1.17. The average molecular weight is 273 g/mol. The smallest absolute Gasteiger partial charge is 0.129 e. The summed E-state index contributed by atoms with van der Waals surface area (Å²) in [6.45, 7) is 4.98. The average Bonchev–Trinajstić information content (AvgIpc) is 2.35. The van der Waals surface area contributed by atoms with E-state index in [-0.39, 0.29) is 19.0 Å². The monoisotopic (exact) mass is 273 g/mol. The fourth-order valence-electron chi connectivity index (χ4n) is 1.66. The number of benzene rings is 1. The van der Waals surface area contributed by atoms with E-state index in [4.69, 9.17) is 4.74 Å². The van der Waals surface area contributed by atoms with Gasteiger partial charge in [0.1, 0.15) is 17.4 Å². The number of halogens is 2. The molecule has 0 amide bonds. The van der Waals surface area contributed by atoms with Gasteiger partial charge in [-0.05, 0) is 19.9 Å². The summed E-state index contributed by atoms with van der Waals surface area (Å²) in [7, 11) is 0. The number of rotatable bonds is 8. The van der Waals surface area contributed by atoms with Gasteiger partial charge in [-0.3, -0.25) is 0 Å². The third-order valence-electron chi connectivity index (χ3n) is 2.91. The maximum absolute atomic E-state index is 12.9. The summed E-state index contributed by atoms with van der Waals surface area (Å²) in [5.41, 5.74) is -0.443. The number of nitrogens with one attached hydrogen (secondary N) is 1. The van der Waals surface area contributed by atoms with Crippen molar-refractivity contribution >= 4 is 0 Å². The van der Waals surface area contributed by atoms with Crippen molar-refractivity contribution in [3.8, 4) is 5.75 Å². The standard InChI is InChI=1S/C14H21F2NO2/c1-3-5-17-14(2,10-18)4-6-19-13-8-11(15)7-12(16)9-13/h7-9,17-18H,3-6,10H2,1-2H3. The molecule has 2 N–H and O–H groups in total. The minimum Gasteiger partial charge on any atom is -0.493 e. The van der Waals surface area contributed by atoms with Gasteiger partial charge >= 0.3 is 0 Å². The van der Waals surface area contributed by atoms with E-state index >= 15 is 0 Å². The summed E-state index contributed by atoms with van der Waals surface area (Å²) < 4.78 is 31.2. The van der Waals surface area contributed by atoms with Crippen molar-refractivity contribution in [3.63, 3.8) is 0 Å². The molecule has 108 valence electrons. The quantitative estimate of drug-likeness (QED) is 0.764. The van der Waals surface area contributed by atoms with Crippen LogP contribution in [0.5, 0.6) is 5.75 Å². The van der Waals surface area contributed by atoms with Crippen LogP contribution in [0.15, 0.2) is 18.2 Å². The van der Waals surface area contributed by atoms with E-state index < -0.39 is 17.2 Å². The molecule has 1 aromatic rings. The van der Waals surface area contributed by atoms with E-state index in [0.29, 0.717) is 6.42 Å². The third kappa shape index (κ3) is 5.53. The molecular weight excluding hydrogens is 252 g/mol. The lowest BCUT2D eigenvalue weighted by atomic mass is 9.99. The van der Waals surface area contributed by atoms with Gasteiger partial charge in [0.2, 0.25) is 0 Å². The minimum absolute atomic E-state index is 0.0200. The Morgan fingerprint density at radius 1 is 1.26 bits per heavy atom. The topological polar surface area (TPSA) is 41.5 Å². The highest BCUT2D eigenvalue weighted by molar-refractivity contribution is 5.23. The van der Waals surface area contributed by atoms with Gasteiger partial charge in [0.05, 0.1) is 13.2 Å². The molecule has 1 unspecified atom stereocenters. The molecule has 0 radical (unpaired) electrons. The molecule has 0 saturated heterocycles. The van der Waals surface area contributed by atoms with Crippen LogP contribution >= 0.6 is 0 Å². The molecule has 0 aliphatic rings. The summed E-state index contributed by atoms with van der Waals surface area (Å²) in [4.78, 5) is 0. The van der Waals surface area contributed by atoms with Gasteiger partial charge in [-0.15, -0.1) is 0 Å². The van der Waals surface area contributed by atoms with Crippen molar-refractivity contribution in [2.75, 3.05) is 19.8 Å². The first-order valence-corrected chi connectivity index (χ1v) is 6.44. The van der Waals surface area contributed by atoms with Gasteiger partial charge in [-0.25, -0.2) is 8.78 Å². The summed E-state index contributed by atoms with van der Waals surface area (Å²) in [5, 5.41) is 12.6. The van der Waals surface area contributed by atoms with Crippen LogP contribution < -0.4 is 10.1 Å². The summed E-state index contributed by atoms with van der Waals surface area (Å²) in [6.07, 6.45) is 1.51. The Balaban J connectivity index is 2.47. The van der Waals surface area contributed by atoms with Gasteiger partial charge in [-0.2, -0.15) is 0 Å². The molecule has 0 heterocycles. The molecule has 0 aliphatic heterocycles. The Morgan fingerprint density at radius 3 is 2.42 bits per heavy atom. The van der Waals surface area contributed by atoms with Crippen LogP contribution in [0.2, 0.25) is 0 Å². The summed E-state index contributed by atoms with van der Waals surface area (Å²) >= 11 is 0. The molecule has 0 saturated carbocycles. The van der Waals surface area contributed by atoms with E-state index in [9.17, 15) is 13.9 Å². The fraction of sp³-hybridized carbons (Fsp3) is 0.571. The van der Waals surface area contributed by atoms with E-state index in [1.165, 1.54) is 0 Å². The van der Waals surface area contributed by atoms with Gasteiger partial charge in [0.15, 0.2) is 0 Å². The van der Waals surface area contributed by atoms with Crippen molar-refractivity contribution < 1.29 is 18.6 Å². The second-order valence-corrected chi connectivity index (χ2v) is 4.85. The first-order valence-electron chi connectivity index (χ1n) is 6.44. The van der Waals surface area contributed by atoms with E-state index in [1.54, 1.807) is 0 Å². The second-order valence-electron chi connectivity index (χ2n) is 4.85. The molecular formula is C14H21F2NO2. The lowest BCUT2D eigenvalue weighted by molar-refractivity contribution is 0.144. The molecule has 0 aliphatic carbocycles. The molecule has 0 aromatic heterocycles. The van der Waals surface area contributed by atoms with Gasteiger partial charge in [-0.1, -0.05) is 6.92 Å². The molecule has 0 bridgehead atoms. The number of hydrogen-bond donors (Lipinski definition) is 2. The third-order valence-corrected chi connectivity index (χ3v) is 2.91. The first kappa shape index (κ1) is 15.9. The summed E-state index contributed by atoms with van der Waals surface area (Å²) in [6, 6.07) is 3.07. The molecule has 5 heteroatoms. The lowest BCUT2D eigenvalue weighted by Gasteiger charge is -2.28. The zero-order chi connectivity index (χ0) is 14.3. The Kier molecular flexibility index (Phi) is 6.18. The molecule has 1 atom stereocenters. The van der Waals surface area contributed by atoms with Crippen LogP contribution in [0.25, 0.3) is 0 Å². The maximum Gasteiger partial charge on any atom is 0.129 e. The van der Waals surface area contributed by atoms with E-state index in [0.717, 1.165) is 31.2 Å². The minimum atomic E-state index is -0.663. The highest BCUT2D eigenvalue weighted by atomic mass is 19.1. The Bertz CT molecular complexity index is 381. The molecule has 1 aromatic carbocycles. The van der Waals surface area contributed by atoms with Gasteiger partial charge in [0, 0.05) is 30.2 Å². The first-order chi connectivity index (χ1) is 8.99. The lowest BCUT2D eigenvalue weighted by Crippen LogP contribution is -2.47. The van der Waals surface area contributed by atoms with Crippen LogP contribution in [0.4, 0.5) is 8.78 Å². The normalized spacial score (nSPS) is 14.2. The van der Waals surface area contributed by atoms with Crippen molar-refractivity contribution in [3.05, 3.63) is 29.8 Å². The molecule has 1 rings (SSSR count). The fourth-order valence-corrected chi connectivity index (χ4v) is 1.66. The van der Waals surface area contributed by atoms with Crippen LogP contribution in [0.1, 0.15) is 26.7 Å². The van der Waals surface area contributed by atoms with Crippen LogP contribution in [0.3, 0.4) is 0 Å². The predicted molar refractivity (Wildman–Crippen MR) is 70.3 cm³/mol. The number of ether oxygens (including phenoxy) is 1. The highest BCUT2D eigenvalue weighted by Crippen LogP contribution is 2.17. The molecule has 3 nitrogen and oxygen atoms in total. The van der Waals surface area contributed by atoms with Crippen molar-refractivity contribution in [2.45, 2.75) is 32.2 Å². The number of hydrogen-bond acceptors (Lipinski definition) is 3. The van der Waals surface area contributed by atoms with Crippen molar-refractivity contribution in [2.24, 2.45) is 0 Å². The van der Waals surface area contributed by atoms with Gasteiger partial charge < -0.3 is 15.2 Å². The van der Waals surface area contributed by atoms with Crippen molar-refractivity contribution in [1.82, 2.24) is 5.32 Å². The van der Waals surface area contributed by atoms with Crippen LogP contribution in [0, 0.1) is 11.6 Å². The van der Waals surface area contributed by atoms with E-state index in [1.807, 2.05) is 13.8 Å². The second kappa shape index (κ2) is 7.40. The highest BCUT2D eigenvalue weighted by Gasteiger charge is 2.22.